The van der Waals surface area contributed by atoms with Crippen molar-refractivity contribution in [2.24, 2.45) is 0 Å². The van der Waals surface area contributed by atoms with Gasteiger partial charge in [-0.3, -0.25) is 0 Å². The van der Waals surface area contributed by atoms with Crippen molar-refractivity contribution in [3.63, 3.8) is 0 Å². The molecule has 0 aliphatic rings. The molecular weight excluding hydrogens is 423 g/mol. The van der Waals surface area contributed by atoms with Crippen LogP contribution >= 0.6 is 7.26 Å². The van der Waals surface area contributed by atoms with Crippen LogP contribution in [0, 0.1) is 0 Å². The maximum atomic E-state index is 5.94. The Morgan fingerprint density at radius 1 is 0.581 bits per heavy atom. The Morgan fingerprint density at radius 3 is 1.45 bits per heavy atom. The zero-order valence-corrected chi connectivity index (χ0v) is 19.2. The van der Waals surface area contributed by atoms with Crippen LogP contribution in [0.2, 0.25) is 0 Å². The number of methoxy groups -OCH3 is 1. The van der Waals surface area contributed by atoms with E-state index in [9.17, 15) is 0 Å². The fourth-order valence-electron chi connectivity index (χ4n) is 3.92. The number of benzene rings is 4. The molecule has 0 amide bonds. The van der Waals surface area contributed by atoms with Crippen LogP contribution in [0.4, 0.5) is 0 Å². The van der Waals surface area contributed by atoms with Gasteiger partial charge < -0.3 is 21.9 Å². The standard InChI is InChI=1S/C27H26O2P.ClH/c1-28-22-29-27-20-12-11-13-23(27)21-30(24-14-5-2-6-15-24,25-16-7-3-8-17-25)26-18-9-4-10-19-26;/h2-20H,21-22H2,1H3;1H/q+1;/p-1. The molecule has 0 aliphatic carbocycles. The van der Waals surface area contributed by atoms with E-state index in [4.69, 9.17) is 9.47 Å². The molecule has 0 N–H and O–H groups in total. The van der Waals surface area contributed by atoms with E-state index in [0.29, 0.717) is 0 Å². The first-order valence-corrected chi connectivity index (χ1v) is 12.1. The molecule has 4 rings (SSSR count). The summed E-state index contributed by atoms with van der Waals surface area (Å²) in [7, 11) is -0.304. The monoisotopic (exact) mass is 448 g/mol. The van der Waals surface area contributed by atoms with Gasteiger partial charge in [-0.25, -0.2) is 0 Å². The lowest BCUT2D eigenvalue weighted by atomic mass is 10.2. The van der Waals surface area contributed by atoms with Gasteiger partial charge in [-0.2, -0.15) is 0 Å². The molecule has 0 unspecified atom stereocenters. The van der Waals surface area contributed by atoms with Crippen molar-refractivity contribution in [1.82, 2.24) is 0 Å². The molecule has 0 heterocycles. The van der Waals surface area contributed by atoms with Gasteiger partial charge in [0.2, 0.25) is 0 Å². The molecule has 0 atom stereocenters. The van der Waals surface area contributed by atoms with Crippen molar-refractivity contribution < 1.29 is 21.9 Å². The van der Waals surface area contributed by atoms with Gasteiger partial charge in [0.1, 0.15) is 35.1 Å². The Morgan fingerprint density at radius 2 is 1.00 bits per heavy atom. The second-order valence-corrected chi connectivity index (χ2v) is 10.6. The highest BCUT2D eigenvalue weighted by molar-refractivity contribution is 7.95. The van der Waals surface area contributed by atoms with Gasteiger partial charge in [0.15, 0.2) is 6.79 Å². The minimum atomic E-state index is -1.96. The number of halogens is 1. The third kappa shape index (κ3) is 4.99. The molecule has 0 saturated heterocycles. The molecule has 0 radical (unpaired) electrons. The number of para-hydroxylation sites is 1. The summed E-state index contributed by atoms with van der Waals surface area (Å²) in [5, 5.41) is 4.09. The molecule has 0 saturated carbocycles. The zero-order chi connectivity index (χ0) is 20.7. The van der Waals surface area contributed by atoms with Gasteiger partial charge in [-0.1, -0.05) is 72.8 Å². The van der Waals surface area contributed by atoms with E-state index in [1.54, 1.807) is 7.11 Å². The van der Waals surface area contributed by atoms with Crippen LogP contribution in [0.5, 0.6) is 5.75 Å². The highest BCUT2D eigenvalue weighted by Crippen LogP contribution is 2.58. The summed E-state index contributed by atoms with van der Waals surface area (Å²) in [6.07, 6.45) is 0.880. The number of hydrogen-bond acceptors (Lipinski definition) is 2. The lowest BCUT2D eigenvalue weighted by Crippen LogP contribution is -3.00. The van der Waals surface area contributed by atoms with Crippen LogP contribution in [-0.2, 0) is 10.9 Å². The first-order valence-electron chi connectivity index (χ1n) is 10.1. The maximum Gasteiger partial charge on any atom is 0.188 e. The first kappa shape index (κ1) is 23.0. The van der Waals surface area contributed by atoms with Crippen molar-refractivity contribution in [1.29, 1.82) is 0 Å². The molecule has 0 fully saturated rings. The lowest BCUT2D eigenvalue weighted by molar-refractivity contribution is -0.00000910. The first-order chi connectivity index (χ1) is 14.8. The maximum absolute atomic E-state index is 5.94. The van der Waals surface area contributed by atoms with E-state index in [1.165, 1.54) is 21.5 Å². The molecule has 0 bridgehead atoms. The van der Waals surface area contributed by atoms with Crippen LogP contribution in [0.3, 0.4) is 0 Å². The Kier molecular flexibility index (Phi) is 8.26. The SMILES string of the molecule is COCOc1ccccc1C[P+](c1ccccc1)(c1ccccc1)c1ccccc1.[Cl-]. The molecule has 4 aromatic carbocycles. The fourth-order valence-corrected chi connectivity index (χ4v) is 8.18. The average Bonchev–Trinajstić information content (AvgIpc) is 2.83. The second kappa shape index (κ2) is 11.1. The van der Waals surface area contributed by atoms with Gasteiger partial charge >= 0.3 is 0 Å². The topological polar surface area (TPSA) is 18.5 Å². The smallest absolute Gasteiger partial charge is 0.188 e. The summed E-state index contributed by atoms with van der Waals surface area (Å²) >= 11 is 0. The molecule has 0 spiro atoms. The van der Waals surface area contributed by atoms with Crippen LogP contribution in [-0.4, -0.2) is 13.9 Å². The average molecular weight is 449 g/mol. The van der Waals surface area contributed by atoms with Crippen LogP contribution in [0.15, 0.2) is 115 Å². The van der Waals surface area contributed by atoms with E-state index in [0.717, 1.165) is 11.9 Å². The Balaban J connectivity index is 0.00000272. The van der Waals surface area contributed by atoms with Crippen molar-refractivity contribution in [3.8, 4) is 5.75 Å². The summed E-state index contributed by atoms with van der Waals surface area (Å²) in [4.78, 5) is 0. The van der Waals surface area contributed by atoms with Gasteiger partial charge in [-0.05, 0) is 42.5 Å². The second-order valence-electron chi connectivity index (χ2n) is 7.13. The molecule has 0 aromatic heterocycles. The zero-order valence-electron chi connectivity index (χ0n) is 17.5. The Labute approximate surface area is 191 Å². The number of ether oxygens (including phenoxy) is 2. The predicted molar refractivity (Wildman–Crippen MR) is 128 cm³/mol. The van der Waals surface area contributed by atoms with Gasteiger partial charge in [-0.15, -0.1) is 0 Å². The summed E-state index contributed by atoms with van der Waals surface area (Å²) in [5.74, 6) is 0.881. The van der Waals surface area contributed by atoms with Crippen LogP contribution in [0.25, 0.3) is 0 Å². The molecule has 0 aliphatic heterocycles. The quantitative estimate of drug-likeness (QED) is 0.304. The normalized spacial score (nSPS) is 10.9. The third-order valence-corrected chi connectivity index (χ3v) is 9.66. The number of rotatable bonds is 8. The van der Waals surface area contributed by atoms with Crippen molar-refractivity contribution >= 4 is 23.2 Å². The molecule has 31 heavy (non-hydrogen) atoms. The van der Waals surface area contributed by atoms with E-state index in [2.05, 4.69) is 103 Å². The molecule has 4 heteroatoms. The third-order valence-electron chi connectivity index (χ3n) is 5.30. The lowest BCUT2D eigenvalue weighted by Gasteiger charge is -2.28. The van der Waals surface area contributed by atoms with Crippen LogP contribution in [0.1, 0.15) is 5.56 Å². The van der Waals surface area contributed by atoms with Crippen molar-refractivity contribution in [3.05, 3.63) is 121 Å². The summed E-state index contributed by atoms with van der Waals surface area (Å²) in [6, 6.07) is 41.0. The summed E-state index contributed by atoms with van der Waals surface area (Å²) < 4.78 is 11.1. The molecule has 158 valence electrons. The van der Waals surface area contributed by atoms with E-state index >= 15 is 0 Å². The minimum absolute atomic E-state index is 0. The number of hydrogen-bond donors (Lipinski definition) is 0. The van der Waals surface area contributed by atoms with Gasteiger partial charge in [0.05, 0.1) is 0 Å². The highest BCUT2D eigenvalue weighted by atomic mass is 35.5. The highest BCUT2D eigenvalue weighted by Gasteiger charge is 2.45. The van der Waals surface area contributed by atoms with E-state index < -0.39 is 7.26 Å². The van der Waals surface area contributed by atoms with Crippen LogP contribution < -0.4 is 33.1 Å². The molecule has 2 nitrogen and oxygen atoms in total. The Bertz CT molecular complexity index is 959. The van der Waals surface area contributed by atoms with Crippen molar-refractivity contribution in [2.45, 2.75) is 6.16 Å². The van der Waals surface area contributed by atoms with Gasteiger partial charge in [0.25, 0.3) is 0 Å². The van der Waals surface area contributed by atoms with Gasteiger partial charge in [0, 0.05) is 12.7 Å². The predicted octanol–water partition coefficient (Wildman–Crippen LogP) is 2.17. The molecular formula is C27H26ClO2P. The van der Waals surface area contributed by atoms with E-state index in [-0.39, 0.29) is 19.2 Å². The summed E-state index contributed by atoms with van der Waals surface area (Å²) in [6.45, 7) is 0.241. The minimum Gasteiger partial charge on any atom is -1.00 e. The largest absolute Gasteiger partial charge is 1.00 e. The van der Waals surface area contributed by atoms with Crippen molar-refractivity contribution in [2.75, 3.05) is 13.9 Å². The molecule has 4 aromatic rings. The Hall–Kier alpha value is -2.64. The van der Waals surface area contributed by atoms with E-state index in [1.807, 2.05) is 12.1 Å². The fraction of sp³-hybridized carbons (Fsp3) is 0.111. The summed E-state index contributed by atoms with van der Waals surface area (Å²) in [5.41, 5.74) is 1.19.